The highest BCUT2D eigenvalue weighted by Crippen LogP contribution is 2.21. The first-order valence-electron chi connectivity index (χ1n) is 8.65. The highest BCUT2D eigenvalue weighted by atomic mass is 32.1. The lowest BCUT2D eigenvalue weighted by Crippen LogP contribution is -2.36. The lowest BCUT2D eigenvalue weighted by Gasteiger charge is -2.13. The van der Waals surface area contributed by atoms with Crippen LogP contribution in [0.4, 0.5) is 4.39 Å². The van der Waals surface area contributed by atoms with Gasteiger partial charge in [0.25, 0.3) is 5.91 Å². The van der Waals surface area contributed by atoms with Crippen molar-refractivity contribution in [3.63, 3.8) is 0 Å². The molecule has 146 valence electrons. The smallest absolute Gasteiger partial charge is 0.332 e. The number of benzene rings is 2. The second kappa shape index (κ2) is 9.38. The molecule has 0 saturated carbocycles. The van der Waals surface area contributed by atoms with E-state index in [1.165, 1.54) is 30.4 Å². The van der Waals surface area contributed by atoms with Gasteiger partial charge in [0, 0.05) is 6.54 Å². The van der Waals surface area contributed by atoms with Gasteiger partial charge in [-0.05, 0) is 36.8 Å². The van der Waals surface area contributed by atoms with Crippen LogP contribution in [0.15, 0.2) is 48.5 Å². The number of esters is 1. The molecule has 8 heteroatoms. The number of nitrogens with zero attached hydrogens (tertiary/aromatic N) is 1. The van der Waals surface area contributed by atoms with Gasteiger partial charge >= 0.3 is 5.97 Å². The van der Waals surface area contributed by atoms with E-state index in [0.29, 0.717) is 0 Å². The summed E-state index contributed by atoms with van der Waals surface area (Å²) in [4.78, 5) is 28.3. The number of nitrogens with one attached hydrogen (secondary N) is 1. The maximum atomic E-state index is 12.9. The van der Waals surface area contributed by atoms with Crippen molar-refractivity contribution in [2.24, 2.45) is 0 Å². The first-order chi connectivity index (χ1) is 13.5. The summed E-state index contributed by atoms with van der Waals surface area (Å²) in [7, 11) is 0. The van der Waals surface area contributed by atoms with Gasteiger partial charge in [0.2, 0.25) is 0 Å². The normalized spacial score (nSPS) is 11.9. The van der Waals surface area contributed by atoms with Gasteiger partial charge in [-0.25, -0.2) is 14.2 Å². The van der Waals surface area contributed by atoms with E-state index < -0.39 is 18.0 Å². The van der Waals surface area contributed by atoms with E-state index in [-0.39, 0.29) is 25.6 Å². The van der Waals surface area contributed by atoms with Crippen LogP contribution in [0.25, 0.3) is 10.2 Å². The van der Waals surface area contributed by atoms with Crippen molar-refractivity contribution < 1.29 is 23.5 Å². The van der Waals surface area contributed by atoms with Gasteiger partial charge in [-0.2, -0.15) is 0 Å². The van der Waals surface area contributed by atoms with E-state index in [4.69, 9.17) is 9.47 Å². The summed E-state index contributed by atoms with van der Waals surface area (Å²) < 4.78 is 24.3. The Morgan fingerprint density at radius 3 is 2.68 bits per heavy atom. The molecular weight excluding hydrogens is 383 g/mol. The third kappa shape index (κ3) is 5.58. The fraction of sp³-hybridized carbons (Fsp3) is 0.250. The lowest BCUT2D eigenvalue weighted by molar-refractivity contribution is -0.159. The summed E-state index contributed by atoms with van der Waals surface area (Å²) in [6.07, 6.45) is -0.959. The van der Waals surface area contributed by atoms with Crippen LogP contribution in [0.5, 0.6) is 0 Å². The number of carbonyl (C=O) groups excluding carboxylic acids is 2. The summed E-state index contributed by atoms with van der Waals surface area (Å²) >= 11 is 1.50. The average Bonchev–Trinajstić information content (AvgIpc) is 3.10. The predicted octanol–water partition coefficient (Wildman–Crippen LogP) is 3.20. The van der Waals surface area contributed by atoms with Gasteiger partial charge in [-0.3, -0.25) is 4.79 Å². The van der Waals surface area contributed by atoms with Crippen LogP contribution < -0.4 is 5.32 Å². The number of carbonyl (C=O) groups is 2. The molecule has 2 aromatic carbocycles. The predicted molar refractivity (Wildman–Crippen MR) is 103 cm³/mol. The molecule has 0 bridgehead atoms. The summed E-state index contributed by atoms with van der Waals surface area (Å²) in [6.45, 7) is 1.62. The molecule has 1 heterocycles. The molecule has 1 atom stereocenters. The molecule has 3 rings (SSSR count). The number of aromatic nitrogens is 1. The Hall–Kier alpha value is -2.84. The fourth-order valence-electron chi connectivity index (χ4n) is 2.42. The molecule has 1 aromatic heterocycles. The standard InChI is InChI=1S/C20H19FN2O4S/c1-13(20(25)22-10-14-6-8-15(21)9-7-14)27-19(24)12-26-11-18-23-16-4-2-3-5-17(16)28-18/h2-9,13H,10-12H2,1H3,(H,22,25)/t13-/m1/s1. The van der Waals surface area contributed by atoms with Crippen LogP contribution in [0, 0.1) is 5.82 Å². The van der Waals surface area contributed by atoms with Crippen LogP contribution in [-0.4, -0.2) is 29.6 Å². The van der Waals surface area contributed by atoms with Crippen molar-refractivity contribution in [2.75, 3.05) is 6.61 Å². The van der Waals surface area contributed by atoms with Gasteiger partial charge in [0.15, 0.2) is 6.10 Å². The van der Waals surface area contributed by atoms with Gasteiger partial charge in [0.05, 0.1) is 16.8 Å². The zero-order valence-corrected chi connectivity index (χ0v) is 16.0. The number of ether oxygens (including phenoxy) is 2. The molecule has 6 nitrogen and oxygen atoms in total. The molecule has 1 amide bonds. The first-order valence-corrected chi connectivity index (χ1v) is 9.47. The average molecular weight is 402 g/mol. The Kier molecular flexibility index (Phi) is 6.67. The maximum Gasteiger partial charge on any atom is 0.332 e. The van der Waals surface area contributed by atoms with Crippen molar-refractivity contribution >= 4 is 33.4 Å². The van der Waals surface area contributed by atoms with E-state index >= 15 is 0 Å². The molecule has 0 spiro atoms. The minimum absolute atomic E-state index is 0.194. The molecule has 1 N–H and O–H groups in total. The number of hydrogen-bond donors (Lipinski definition) is 1. The molecule has 0 radical (unpaired) electrons. The minimum Gasteiger partial charge on any atom is -0.451 e. The molecule has 3 aromatic rings. The Morgan fingerprint density at radius 1 is 1.18 bits per heavy atom. The summed E-state index contributed by atoms with van der Waals surface area (Å²) in [6, 6.07) is 13.5. The quantitative estimate of drug-likeness (QED) is 0.586. The SMILES string of the molecule is C[C@@H](OC(=O)COCc1nc2ccccc2s1)C(=O)NCc1ccc(F)cc1. The third-order valence-corrected chi connectivity index (χ3v) is 4.85. The molecule has 0 aliphatic rings. The Labute approximate surface area is 165 Å². The number of rotatable bonds is 8. The van der Waals surface area contributed by atoms with E-state index in [1.807, 2.05) is 24.3 Å². The summed E-state index contributed by atoms with van der Waals surface area (Å²) in [5.41, 5.74) is 1.63. The van der Waals surface area contributed by atoms with Crippen LogP contribution in [-0.2, 0) is 32.2 Å². The Balaban J connectivity index is 1.38. The van der Waals surface area contributed by atoms with Gasteiger partial charge in [-0.1, -0.05) is 24.3 Å². The van der Waals surface area contributed by atoms with Gasteiger partial charge in [-0.15, -0.1) is 11.3 Å². The topological polar surface area (TPSA) is 77.5 Å². The zero-order chi connectivity index (χ0) is 19.9. The number of fused-ring (bicyclic) bond motifs is 1. The van der Waals surface area contributed by atoms with Crippen molar-refractivity contribution in [3.05, 3.63) is 64.9 Å². The van der Waals surface area contributed by atoms with Crippen molar-refractivity contribution in [1.82, 2.24) is 10.3 Å². The monoisotopic (exact) mass is 402 g/mol. The molecule has 0 saturated heterocycles. The Morgan fingerprint density at radius 2 is 1.93 bits per heavy atom. The van der Waals surface area contributed by atoms with E-state index in [9.17, 15) is 14.0 Å². The Bertz CT molecular complexity index is 925. The summed E-state index contributed by atoms with van der Waals surface area (Å²) in [5, 5.41) is 3.40. The largest absolute Gasteiger partial charge is 0.451 e. The zero-order valence-electron chi connectivity index (χ0n) is 15.2. The molecule has 0 aliphatic heterocycles. The number of hydrogen-bond acceptors (Lipinski definition) is 6. The van der Waals surface area contributed by atoms with E-state index in [0.717, 1.165) is 20.8 Å². The van der Waals surface area contributed by atoms with E-state index in [1.54, 1.807) is 12.1 Å². The van der Waals surface area contributed by atoms with Gasteiger partial charge in [0.1, 0.15) is 17.4 Å². The third-order valence-electron chi connectivity index (χ3n) is 3.84. The molecule has 0 unspecified atom stereocenters. The maximum absolute atomic E-state index is 12.9. The number of halogens is 1. The second-order valence-electron chi connectivity index (χ2n) is 6.04. The molecule has 28 heavy (non-hydrogen) atoms. The van der Waals surface area contributed by atoms with E-state index in [2.05, 4.69) is 10.3 Å². The van der Waals surface area contributed by atoms with Crippen molar-refractivity contribution in [1.29, 1.82) is 0 Å². The van der Waals surface area contributed by atoms with Crippen molar-refractivity contribution in [2.45, 2.75) is 26.2 Å². The van der Waals surface area contributed by atoms with Crippen molar-refractivity contribution in [3.8, 4) is 0 Å². The van der Waals surface area contributed by atoms with Crippen LogP contribution in [0.2, 0.25) is 0 Å². The minimum atomic E-state index is -0.959. The highest BCUT2D eigenvalue weighted by molar-refractivity contribution is 7.18. The number of para-hydroxylation sites is 1. The molecular formula is C20H19FN2O4S. The second-order valence-corrected chi connectivity index (χ2v) is 7.16. The number of thiazole rings is 1. The first kappa shape index (κ1) is 19.9. The van der Waals surface area contributed by atoms with Gasteiger partial charge < -0.3 is 14.8 Å². The number of amides is 1. The fourth-order valence-corrected chi connectivity index (χ4v) is 3.33. The highest BCUT2D eigenvalue weighted by Gasteiger charge is 2.17. The molecule has 0 fully saturated rings. The van der Waals surface area contributed by atoms with Crippen LogP contribution >= 0.6 is 11.3 Å². The summed E-state index contributed by atoms with van der Waals surface area (Å²) in [5.74, 6) is -1.42. The lowest BCUT2D eigenvalue weighted by atomic mass is 10.2. The van der Waals surface area contributed by atoms with Crippen LogP contribution in [0.1, 0.15) is 17.5 Å². The molecule has 0 aliphatic carbocycles. The van der Waals surface area contributed by atoms with Crippen LogP contribution in [0.3, 0.4) is 0 Å².